The Hall–Kier alpha value is -1.09. The van der Waals surface area contributed by atoms with Gasteiger partial charge in [0.2, 0.25) is 0 Å². The molecule has 0 radical (unpaired) electrons. The van der Waals surface area contributed by atoms with Gasteiger partial charge >= 0.3 is 0 Å². The first-order chi connectivity index (χ1) is 6.69. The summed E-state index contributed by atoms with van der Waals surface area (Å²) in [6.45, 7) is 4.42. The molecule has 0 bridgehead atoms. The zero-order valence-corrected chi connectivity index (χ0v) is 8.59. The van der Waals surface area contributed by atoms with Crippen LogP contribution in [0.15, 0.2) is 18.2 Å². The van der Waals surface area contributed by atoms with Crippen molar-refractivity contribution >= 4 is 0 Å². The zero-order valence-electron chi connectivity index (χ0n) is 8.59. The normalized spacial score (nSPS) is 12.6. The highest BCUT2D eigenvalue weighted by atomic mass is 19.1. The van der Waals surface area contributed by atoms with E-state index in [4.69, 9.17) is 10.5 Å². The molecule has 0 spiro atoms. The van der Waals surface area contributed by atoms with Gasteiger partial charge in [-0.15, -0.1) is 0 Å². The van der Waals surface area contributed by atoms with Crippen LogP contribution in [0.4, 0.5) is 4.39 Å². The number of nitrogens with two attached hydrogens (primary N) is 1. The second kappa shape index (κ2) is 4.96. The summed E-state index contributed by atoms with van der Waals surface area (Å²) in [5.41, 5.74) is 6.59. The molecule has 0 aliphatic carbocycles. The van der Waals surface area contributed by atoms with Crippen LogP contribution in [-0.4, -0.2) is 6.61 Å². The van der Waals surface area contributed by atoms with Crippen molar-refractivity contribution < 1.29 is 9.13 Å². The molecule has 1 aromatic carbocycles. The van der Waals surface area contributed by atoms with Crippen LogP contribution in [0.1, 0.15) is 31.9 Å². The van der Waals surface area contributed by atoms with E-state index in [1.54, 1.807) is 6.07 Å². The van der Waals surface area contributed by atoms with Crippen molar-refractivity contribution in [3.63, 3.8) is 0 Å². The van der Waals surface area contributed by atoms with E-state index in [1.807, 2.05) is 13.8 Å². The third-order valence-electron chi connectivity index (χ3n) is 2.11. The molecule has 0 heterocycles. The molecule has 0 aromatic heterocycles. The van der Waals surface area contributed by atoms with E-state index in [-0.39, 0.29) is 11.9 Å². The molecule has 2 nitrogen and oxygen atoms in total. The molecule has 0 saturated heterocycles. The maximum absolute atomic E-state index is 13.0. The molecule has 1 unspecified atom stereocenters. The van der Waals surface area contributed by atoms with Crippen LogP contribution in [0.2, 0.25) is 0 Å². The maximum atomic E-state index is 13.0. The Morgan fingerprint density at radius 2 is 2.14 bits per heavy atom. The average Bonchev–Trinajstić information content (AvgIpc) is 2.20. The van der Waals surface area contributed by atoms with Gasteiger partial charge in [-0.05, 0) is 31.5 Å². The van der Waals surface area contributed by atoms with Crippen molar-refractivity contribution in [2.45, 2.75) is 26.3 Å². The van der Waals surface area contributed by atoms with Gasteiger partial charge in [0.1, 0.15) is 11.6 Å². The highest BCUT2D eigenvalue weighted by Gasteiger charge is 2.11. The van der Waals surface area contributed by atoms with Crippen LogP contribution in [0.5, 0.6) is 5.75 Å². The summed E-state index contributed by atoms with van der Waals surface area (Å²) in [6.07, 6.45) is 0.767. The summed E-state index contributed by atoms with van der Waals surface area (Å²) < 4.78 is 18.3. The van der Waals surface area contributed by atoms with Gasteiger partial charge in [-0.2, -0.15) is 0 Å². The molecule has 0 saturated carbocycles. The first kappa shape index (κ1) is 11.0. The van der Waals surface area contributed by atoms with E-state index in [0.717, 1.165) is 12.0 Å². The quantitative estimate of drug-likeness (QED) is 0.805. The number of hydrogen-bond acceptors (Lipinski definition) is 2. The Labute approximate surface area is 83.9 Å². The molecule has 0 aliphatic rings. The summed E-state index contributed by atoms with van der Waals surface area (Å²) in [4.78, 5) is 0. The molecule has 1 aromatic rings. The molecule has 1 rings (SSSR count). The zero-order chi connectivity index (χ0) is 10.6. The summed E-state index contributed by atoms with van der Waals surface area (Å²) in [5.74, 6) is 0.413. The standard InChI is InChI=1S/C11H16FNO/c1-3-10(13)9-7-8(12)5-6-11(9)14-4-2/h5-7,10H,3-4,13H2,1-2H3. The minimum atomic E-state index is -0.271. The molecule has 0 aliphatic heterocycles. The fourth-order valence-electron chi connectivity index (χ4n) is 1.32. The third kappa shape index (κ3) is 2.45. The van der Waals surface area contributed by atoms with Crippen LogP contribution in [-0.2, 0) is 0 Å². The van der Waals surface area contributed by atoms with Crippen LogP contribution in [0, 0.1) is 5.82 Å². The summed E-state index contributed by atoms with van der Waals surface area (Å²) in [7, 11) is 0. The first-order valence-corrected chi connectivity index (χ1v) is 4.86. The molecule has 1 atom stereocenters. The van der Waals surface area contributed by atoms with Gasteiger partial charge < -0.3 is 10.5 Å². The van der Waals surface area contributed by atoms with E-state index in [2.05, 4.69) is 0 Å². The second-order valence-corrected chi connectivity index (χ2v) is 3.13. The van der Waals surface area contributed by atoms with Gasteiger partial charge in [0, 0.05) is 11.6 Å². The Bertz CT molecular complexity index is 301. The topological polar surface area (TPSA) is 35.2 Å². The largest absolute Gasteiger partial charge is 0.494 e. The third-order valence-corrected chi connectivity index (χ3v) is 2.11. The van der Waals surface area contributed by atoms with Crippen LogP contribution >= 0.6 is 0 Å². The van der Waals surface area contributed by atoms with Crippen molar-refractivity contribution in [3.8, 4) is 5.75 Å². The monoisotopic (exact) mass is 197 g/mol. The van der Waals surface area contributed by atoms with Gasteiger partial charge in [-0.1, -0.05) is 6.92 Å². The van der Waals surface area contributed by atoms with Gasteiger partial charge in [0.15, 0.2) is 0 Å². The van der Waals surface area contributed by atoms with Crippen molar-refractivity contribution in [1.82, 2.24) is 0 Å². The lowest BCUT2D eigenvalue weighted by molar-refractivity contribution is 0.333. The maximum Gasteiger partial charge on any atom is 0.124 e. The van der Waals surface area contributed by atoms with Gasteiger partial charge in [-0.25, -0.2) is 4.39 Å². The smallest absolute Gasteiger partial charge is 0.124 e. The van der Waals surface area contributed by atoms with E-state index in [9.17, 15) is 4.39 Å². The summed E-state index contributed by atoms with van der Waals surface area (Å²) >= 11 is 0. The van der Waals surface area contributed by atoms with Gasteiger partial charge in [-0.3, -0.25) is 0 Å². The lowest BCUT2D eigenvalue weighted by Crippen LogP contribution is -2.11. The van der Waals surface area contributed by atoms with E-state index >= 15 is 0 Å². The number of rotatable bonds is 4. The van der Waals surface area contributed by atoms with Crippen LogP contribution in [0.25, 0.3) is 0 Å². The molecule has 3 heteroatoms. The molecule has 78 valence electrons. The predicted octanol–water partition coefficient (Wildman–Crippen LogP) is 2.63. The Morgan fingerprint density at radius 1 is 1.43 bits per heavy atom. The van der Waals surface area contributed by atoms with E-state index < -0.39 is 0 Å². The summed E-state index contributed by atoms with van der Waals surface area (Å²) in [5, 5.41) is 0. The SMILES string of the molecule is CCOc1ccc(F)cc1C(N)CC. The van der Waals surface area contributed by atoms with Crippen molar-refractivity contribution in [3.05, 3.63) is 29.6 Å². The number of hydrogen-bond donors (Lipinski definition) is 1. The molecular formula is C11H16FNO. The van der Waals surface area contributed by atoms with E-state index in [0.29, 0.717) is 12.4 Å². The average molecular weight is 197 g/mol. The molecule has 14 heavy (non-hydrogen) atoms. The second-order valence-electron chi connectivity index (χ2n) is 3.13. The Kier molecular flexibility index (Phi) is 3.89. The van der Waals surface area contributed by atoms with Crippen molar-refractivity contribution in [2.75, 3.05) is 6.61 Å². The highest BCUT2D eigenvalue weighted by Crippen LogP contribution is 2.26. The van der Waals surface area contributed by atoms with E-state index in [1.165, 1.54) is 12.1 Å². The van der Waals surface area contributed by atoms with Crippen molar-refractivity contribution in [1.29, 1.82) is 0 Å². The fraction of sp³-hybridized carbons (Fsp3) is 0.455. The number of halogens is 1. The van der Waals surface area contributed by atoms with Crippen molar-refractivity contribution in [2.24, 2.45) is 5.73 Å². The minimum absolute atomic E-state index is 0.160. The number of ether oxygens (including phenoxy) is 1. The minimum Gasteiger partial charge on any atom is -0.494 e. The fourth-order valence-corrected chi connectivity index (χ4v) is 1.32. The molecule has 2 N–H and O–H groups in total. The molecular weight excluding hydrogens is 181 g/mol. The molecule has 0 fully saturated rings. The van der Waals surface area contributed by atoms with Crippen LogP contribution in [0.3, 0.4) is 0 Å². The highest BCUT2D eigenvalue weighted by molar-refractivity contribution is 5.36. The van der Waals surface area contributed by atoms with Gasteiger partial charge in [0.05, 0.1) is 6.61 Å². The van der Waals surface area contributed by atoms with Crippen LogP contribution < -0.4 is 10.5 Å². The first-order valence-electron chi connectivity index (χ1n) is 4.86. The predicted molar refractivity (Wildman–Crippen MR) is 54.8 cm³/mol. The Morgan fingerprint density at radius 3 is 2.71 bits per heavy atom. The lowest BCUT2D eigenvalue weighted by atomic mass is 10.0. The Balaban J connectivity index is 3.02. The van der Waals surface area contributed by atoms with Gasteiger partial charge in [0.25, 0.3) is 0 Å². The lowest BCUT2D eigenvalue weighted by Gasteiger charge is -2.14. The summed E-state index contributed by atoms with van der Waals surface area (Å²) in [6, 6.07) is 4.30. The number of benzene rings is 1. The molecule has 0 amide bonds.